The number of phosphoric ester groups is 1. The third kappa shape index (κ3) is 46.9. The Labute approximate surface area is 382 Å². The Morgan fingerprint density at radius 1 is 0.419 bits per heavy atom. The van der Waals surface area contributed by atoms with Gasteiger partial charge in [-0.25, -0.2) is 4.57 Å². The Bertz CT molecular complexity index is 998. The summed E-state index contributed by atoms with van der Waals surface area (Å²) in [6.07, 6.45) is 47.8. The van der Waals surface area contributed by atoms with Crippen LogP contribution in [-0.2, 0) is 32.7 Å². The van der Waals surface area contributed by atoms with Crippen molar-refractivity contribution in [3.05, 3.63) is 0 Å². The number of esters is 2. The molecule has 0 amide bonds. The lowest BCUT2D eigenvalue weighted by Gasteiger charge is -2.20. The SMILES string of the molecule is CCCCCCCCCCCCCCCCCCCCCCC(=O)O[C@H](COC(=O)CCCCCCCCCCCCCCCCCCCCC)COP(=O)(O)OC[C@@H](O)CO. The fourth-order valence-corrected chi connectivity index (χ4v) is 8.73. The number of ether oxygens (including phenoxy) is 2. The van der Waals surface area contributed by atoms with Crippen molar-refractivity contribution in [2.75, 3.05) is 26.4 Å². The van der Waals surface area contributed by atoms with Crippen molar-refractivity contribution >= 4 is 19.8 Å². The number of carbonyl (C=O) groups is 2. The molecule has 10 nitrogen and oxygen atoms in total. The van der Waals surface area contributed by atoms with Crippen molar-refractivity contribution in [2.24, 2.45) is 0 Å². The molecule has 0 aliphatic heterocycles. The molecule has 0 heterocycles. The second kappa shape index (κ2) is 47.9. The van der Waals surface area contributed by atoms with E-state index in [0.29, 0.717) is 12.8 Å². The van der Waals surface area contributed by atoms with E-state index in [4.69, 9.17) is 23.6 Å². The van der Waals surface area contributed by atoms with Gasteiger partial charge in [0.25, 0.3) is 0 Å². The standard InChI is InChI=1S/C51H101O10P/c1-3-5-7-9-11-13-15-17-19-21-23-25-27-29-31-33-35-37-39-41-43-51(55)61-49(47-60-62(56,57)59-45-48(53)44-52)46-58-50(54)42-40-38-36-34-32-30-28-26-24-22-20-18-16-14-12-10-8-6-4-2/h48-49,52-53H,3-47H2,1-2H3,(H,56,57)/t48-,49+/m0/s1. The molecule has 0 saturated carbocycles. The molecule has 0 spiro atoms. The van der Waals surface area contributed by atoms with Crippen LogP contribution < -0.4 is 0 Å². The lowest BCUT2D eigenvalue weighted by Crippen LogP contribution is -2.29. The Morgan fingerprint density at radius 2 is 0.694 bits per heavy atom. The van der Waals surface area contributed by atoms with Gasteiger partial charge in [0.05, 0.1) is 19.8 Å². The first-order chi connectivity index (χ1) is 30.2. The molecule has 0 aliphatic carbocycles. The maximum Gasteiger partial charge on any atom is 0.472 e. The third-order valence-electron chi connectivity index (χ3n) is 12.0. The molecule has 0 bridgehead atoms. The van der Waals surface area contributed by atoms with Crippen molar-refractivity contribution in [3.8, 4) is 0 Å². The first-order valence-electron chi connectivity index (χ1n) is 26.5. The molecule has 370 valence electrons. The predicted octanol–water partition coefficient (Wildman–Crippen LogP) is 15.0. The maximum atomic E-state index is 12.7. The van der Waals surface area contributed by atoms with Gasteiger partial charge >= 0.3 is 19.8 Å². The molecule has 0 aromatic heterocycles. The predicted molar refractivity (Wildman–Crippen MR) is 256 cm³/mol. The average Bonchev–Trinajstić information content (AvgIpc) is 3.26. The van der Waals surface area contributed by atoms with Crippen LogP contribution in [0.4, 0.5) is 0 Å². The van der Waals surface area contributed by atoms with Gasteiger partial charge < -0.3 is 24.6 Å². The van der Waals surface area contributed by atoms with Gasteiger partial charge in [-0.3, -0.25) is 18.6 Å². The van der Waals surface area contributed by atoms with E-state index in [1.807, 2.05) is 0 Å². The highest BCUT2D eigenvalue weighted by atomic mass is 31.2. The van der Waals surface area contributed by atoms with Gasteiger partial charge in [0, 0.05) is 12.8 Å². The summed E-state index contributed by atoms with van der Waals surface area (Å²) in [5.74, 6) is -0.901. The van der Waals surface area contributed by atoms with Gasteiger partial charge in [0.1, 0.15) is 12.7 Å². The molecule has 3 atom stereocenters. The van der Waals surface area contributed by atoms with Crippen LogP contribution in [0.2, 0.25) is 0 Å². The van der Waals surface area contributed by atoms with E-state index in [1.165, 1.54) is 205 Å². The topological polar surface area (TPSA) is 149 Å². The number of aliphatic hydroxyl groups excluding tert-OH is 2. The molecule has 0 aliphatic rings. The fourth-order valence-electron chi connectivity index (χ4n) is 7.94. The molecule has 0 rings (SSSR count). The van der Waals surface area contributed by atoms with Crippen LogP contribution in [0.25, 0.3) is 0 Å². The number of rotatable bonds is 51. The van der Waals surface area contributed by atoms with Crippen molar-refractivity contribution in [1.29, 1.82) is 0 Å². The number of hydrogen-bond acceptors (Lipinski definition) is 9. The van der Waals surface area contributed by atoms with E-state index in [0.717, 1.165) is 32.1 Å². The van der Waals surface area contributed by atoms with Crippen molar-refractivity contribution in [1.82, 2.24) is 0 Å². The van der Waals surface area contributed by atoms with E-state index in [9.17, 15) is 24.2 Å². The van der Waals surface area contributed by atoms with Crippen molar-refractivity contribution in [3.63, 3.8) is 0 Å². The molecule has 0 aromatic rings. The van der Waals surface area contributed by atoms with Crippen molar-refractivity contribution < 1.29 is 47.8 Å². The summed E-state index contributed by atoms with van der Waals surface area (Å²) in [5.41, 5.74) is 0. The van der Waals surface area contributed by atoms with E-state index < -0.39 is 51.8 Å². The Morgan fingerprint density at radius 3 is 1.00 bits per heavy atom. The zero-order valence-electron chi connectivity index (χ0n) is 40.6. The quantitative estimate of drug-likeness (QED) is 0.0306. The average molecular weight is 905 g/mol. The minimum Gasteiger partial charge on any atom is -0.462 e. The molecule has 0 saturated heterocycles. The summed E-state index contributed by atoms with van der Waals surface area (Å²) >= 11 is 0. The van der Waals surface area contributed by atoms with Crippen LogP contribution in [0, 0.1) is 0 Å². The summed E-state index contributed by atoms with van der Waals surface area (Å²) in [5, 5.41) is 18.4. The summed E-state index contributed by atoms with van der Waals surface area (Å²) < 4.78 is 32.9. The summed E-state index contributed by atoms with van der Waals surface area (Å²) in [4.78, 5) is 35.2. The Kier molecular flexibility index (Phi) is 47.1. The minimum atomic E-state index is -4.62. The first kappa shape index (κ1) is 61.0. The fraction of sp³-hybridized carbons (Fsp3) is 0.961. The molecular weight excluding hydrogens is 804 g/mol. The van der Waals surface area contributed by atoms with Crippen LogP contribution in [0.3, 0.4) is 0 Å². The Balaban J connectivity index is 4.11. The molecule has 0 aromatic carbocycles. The molecule has 0 fully saturated rings. The zero-order chi connectivity index (χ0) is 45.5. The van der Waals surface area contributed by atoms with E-state index >= 15 is 0 Å². The number of carbonyl (C=O) groups excluding carboxylic acids is 2. The van der Waals surface area contributed by atoms with E-state index in [-0.39, 0.29) is 19.4 Å². The molecule has 0 radical (unpaired) electrons. The van der Waals surface area contributed by atoms with Crippen LogP contribution in [0.1, 0.15) is 277 Å². The lowest BCUT2D eigenvalue weighted by molar-refractivity contribution is -0.161. The highest BCUT2D eigenvalue weighted by Crippen LogP contribution is 2.43. The molecule has 3 N–H and O–H groups in total. The number of phosphoric acid groups is 1. The van der Waals surface area contributed by atoms with Crippen molar-refractivity contribution in [2.45, 2.75) is 289 Å². The third-order valence-corrected chi connectivity index (χ3v) is 13.0. The minimum absolute atomic E-state index is 0.193. The van der Waals surface area contributed by atoms with Crippen LogP contribution in [0.15, 0.2) is 0 Å². The second-order valence-corrected chi connectivity index (χ2v) is 19.7. The maximum absolute atomic E-state index is 12.7. The highest BCUT2D eigenvalue weighted by Gasteiger charge is 2.27. The van der Waals surface area contributed by atoms with Crippen LogP contribution in [0.5, 0.6) is 0 Å². The summed E-state index contributed by atoms with van der Waals surface area (Å²) in [6.45, 7) is 2.46. The largest absolute Gasteiger partial charge is 0.472 e. The normalized spacial score (nSPS) is 13.6. The monoisotopic (exact) mass is 905 g/mol. The number of hydrogen-bond donors (Lipinski definition) is 3. The number of unbranched alkanes of at least 4 members (excludes halogenated alkanes) is 37. The Hall–Kier alpha value is -1.03. The lowest BCUT2D eigenvalue weighted by atomic mass is 10.0. The molecule has 62 heavy (non-hydrogen) atoms. The molecular formula is C51H101O10P. The summed E-state index contributed by atoms with van der Waals surface area (Å²) in [6, 6.07) is 0. The van der Waals surface area contributed by atoms with Gasteiger partial charge in [-0.1, -0.05) is 251 Å². The van der Waals surface area contributed by atoms with Gasteiger partial charge in [-0.05, 0) is 12.8 Å². The van der Waals surface area contributed by atoms with Crippen LogP contribution in [-0.4, -0.2) is 65.7 Å². The van der Waals surface area contributed by atoms with Gasteiger partial charge in [0.2, 0.25) is 0 Å². The van der Waals surface area contributed by atoms with Crippen LogP contribution >= 0.6 is 7.82 Å². The van der Waals surface area contributed by atoms with Gasteiger partial charge in [-0.15, -0.1) is 0 Å². The molecule has 1 unspecified atom stereocenters. The second-order valence-electron chi connectivity index (χ2n) is 18.3. The number of aliphatic hydroxyl groups is 2. The van der Waals surface area contributed by atoms with Gasteiger partial charge in [0.15, 0.2) is 6.10 Å². The van der Waals surface area contributed by atoms with E-state index in [1.54, 1.807) is 0 Å². The zero-order valence-corrected chi connectivity index (χ0v) is 41.5. The first-order valence-corrected chi connectivity index (χ1v) is 28.0. The smallest absolute Gasteiger partial charge is 0.462 e. The van der Waals surface area contributed by atoms with Gasteiger partial charge in [-0.2, -0.15) is 0 Å². The highest BCUT2D eigenvalue weighted by molar-refractivity contribution is 7.47. The summed E-state index contributed by atoms with van der Waals surface area (Å²) in [7, 11) is -4.62. The van der Waals surface area contributed by atoms with E-state index in [2.05, 4.69) is 13.8 Å². The molecule has 11 heteroatoms.